The molecule has 1 aliphatic heterocycles. The Bertz CT molecular complexity index is 426. The fourth-order valence-electron chi connectivity index (χ4n) is 2.78. The maximum atomic E-state index is 12.6. The predicted molar refractivity (Wildman–Crippen MR) is 91.2 cm³/mol. The lowest BCUT2D eigenvalue weighted by Crippen LogP contribution is -2.44. The van der Waals surface area contributed by atoms with Gasteiger partial charge < -0.3 is 15.0 Å². The number of hydrogen-bond donors (Lipinski definition) is 1. The molecule has 1 aromatic rings. The van der Waals surface area contributed by atoms with E-state index >= 15 is 0 Å². The van der Waals surface area contributed by atoms with E-state index < -0.39 is 0 Å². The Kier molecular flexibility index (Phi) is 7.19. The zero-order valence-corrected chi connectivity index (χ0v) is 14.5. The molecule has 0 saturated carbocycles. The van der Waals surface area contributed by atoms with E-state index in [-0.39, 0.29) is 12.1 Å². The number of carbonyl (C=O) groups is 1. The minimum atomic E-state index is 0.0357. The molecule has 0 aliphatic carbocycles. The molecule has 0 unspecified atom stereocenters. The molecular formula is C17H28N2O2S. The Morgan fingerprint density at radius 3 is 2.91 bits per heavy atom. The van der Waals surface area contributed by atoms with Crippen LogP contribution in [0.15, 0.2) is 16.8 Å². The molecule has 1 N–H and O–H groups in total. The quantitative estimate of drug-likeness (QED) is 0.788. The van der Waals surface area contributed by atoms with E-state index in [1.165, 1.54) is 5.56 Å². The van der Waals surface area contributed by atoms with E-state index in [9.17, 15) is 4.79 Å². The number of rotatable bonds is 8. The van der Waals surface area contributed by atoms with Crippen LogP contribution in [0.4, 0.5) is 4.79 Å². The van der Waals surface area contributed by atoms with Gasteiger partial charge in [-0.25, -0.2) is 4.79 Å². The number of hydrogen-bond acceptors (Lipinski definition) is 3. The second-order valence-electron chi connectivity index (χ2n) is 6.02. The third kappa shape index (κ3) is 5.29. The maximum absolute atomic E-state index is 12.6. The lowest BCUT2D eigenvalue weighted by atomic mass is 10.0. The van der Waals surface area contributed by atoms with E-state index in [1.807, 2.05) is 4.90 Å². The second-order valence-corrected chi connectivity index (χ2v) is 6.80. The van der Waals surface area contributed by atoms with Crippen molar-refractivity contribution in [1.29, 1.82) is 0 Å². The highest BCUT2D eigenvalue weighted by Gasteiger charge is 2.23. The van der Waals surface area contributed by atoms with Crippen LogP contribution in [0.3, 0.4) is 0 Å². The van der Waals surface area contributed by atoms with Crippen molar-refractivity contribution < 1.29 is 9.53 Å². The fourth-order valence-corrected chi connectivity index (χ4v) is 3.44. The molecule has 0 radical (unpaired) electrons. The van der Waals surface area contributed by atoms with Crippen molar-refractivity contribution in [1.82, 2.24) is 10.2 Å². The number of nitrogens with zero attached hydrogens (tertiary/aromatic N) is 1. The summed E-state index contributed by atoms with van der Waals surface area (Å²) in [6.45, 7) is 7.29. The summed E-state index contributed by atoms with van der Waals surface area (Å²) in [4.78, 5) is 14.5. The number of carbonyl (C=O) groups excluding carboxylic acids is 1. The lowest BCUT2D eigenvalue weighted by molar-refractivity contribution is 0.0793. The number of nitrogens with one attached hydrogen (secondary N) is 1. The first-order valence-corrected chi connectivity index (χ1v) is 9.32. The molecule has 1 atom stereocenters. The zero-order chi connectivity index (χ0) is 15.8. The van der Waals surface area contributed by atoms with Gasteiger partial charge in [-0.05, 0) is 41.1 Å². The van der Waals surface area contributed by atoms with Gasteiger partial charge >= 0.3 is 6.03 Å². The average Bonchev–Trinajstić information content (AvgIpc) is 3.21. The summed E-state index contributed by atoms with van der Waals surface area (Å²) in [6, 6.07) is 2.12. The van der Waals surface area contributed by atoms with Crippen molar-refractivity contribution >= 4 is 17.4 Å². The monoisotopic (exact) mass is 324 g/mol. The molecule has 0 spiro atoms. The van der Waals surface area contributed by atoms with Crippen LogP contribution >= 0.6 is 11.3 Å². The molecule has 1 aromatic heterocycles. The van der Waals surface area contributed by atoms with Crippen LogP contribution in [-0.2, 0) is 11.3 Å². The lowest BCUT2D eigenvalue weighted by Gasteiger charge is -2.26. The van der Waals surface area contributed by atoms with Gasteiger partial charge in [0.25, 0.3) is 0 Å². The van der Waals surface area contributed by atoms with Crippen molar-refractivity contribution in [3.05, 3.63) is 22.4 Å². The molecule has 1 saturated heterocycles. The molecule has 0 aromatic carbocycles. The summed E-state index contributed by atoms with van der Waals surface area (Å²) in [5.41, 5.74) is 1.20. The third-order valence-corrected chi connectivity index (χ3v) is 5.12. The Hall–Kier alpha value is -1.07. The Morgan fingerprint density at radius 2 is 2.32 bits per heavy atom. The summed E-state index contributed by atoms with van der Waals surface area (Å²) in [5, 5.41) is 7.27. The summed E-state index contributed by atoms with van der Waals surface area (Å²) in [6.07, 6.45) is 4.56. The van der Waals surface area contributed by atoms with Crippen LogP contribution in [0.2, 0.25) is 0 Å². The molecular weight excluding hydrogens is 296 g/mol. The van der Waals surface area contributed by atoms with Crippen molar-refractivity contribution in [2.24, 2.45) is 5.92 Å². The topological polar surface area (TPSA) is 41.6 Å². The smallest absolute Gasteiger partial charge is 0.317 e. The molecule has 2 heterocycles. The first-order valence-electron chi connectivity index (χ1n) is 8.38. The van der Waals surface area contributed by atoms with Gasteiger partial charge in [0.1, 0.15) is 0 Å². The van der Waals surface area contributed by atoms with Gasteiger partial charge in [-0.3, -0.25) is 0 Å². The molecule has 124 valence electrons. The van der Waals surface area contributed by atoms with Crippen molar-refractivity contribution in [2.45, 2.75) is 52.2 Å². The van der Waals surface area contributed by atoms with Gasteiger partial charge in [-0.15, -0.1) is 0 Å². The van der Waals surface area contributed by atoms with E-state index in [1.54, 1.807) is 11.3 Å². The SMILES string of the molecule is CCC(CC)CNC(=O)N(Cc1ccsc1)C[C@@H]1CCCO1. The molecule has 1 aliphatic rings. The highest BCUT2D eigenvalue weighted by atomic mass is 32.1. The minimum Gasteiger partial charge on any atom is -0.376 e. The molecule has 2 amide bonds. The zero-order valence-electron chi connectivity index (χ0n) is 13.7. The third-order valence-electron chi connectivity index (χ3n) is 4.39. The molecule has 1 fully saturated rings. The van der Waals surface area contributed by atoms with Crippen LogP contribution in [0, 0.1) is 5.92 Å². The first-order chi connectivity index (χ1) is 10.7. The minimum absolute atomic E-state index is 0.0357. The summed E-state index contributed by atoms with van der Waals surface area (Å²) >= 11 is 1.67. The van der Waals surface area contributed by atoms with Gasteiger partial charge in [-0.2, -0.15) is 11.3 Å². The van der Waals surface area contributed by atoms with Gasteiger partial charge in [0.15, 0.2) is 0 Å². The fraction of sp³-hybridized carbons (Fsp3) is 0.706. The van der Waals surface area contributed by atoms with Crippen molar-refractivity contribution in [3.8, 4) is 0 Å². The Labute approximate surface area is 137 Å². The number of ether oxygens (including phenoxy) is 1. The predicted octanol–water partition coefficient (Wildman–Crippen LogP) is 3.87. The molecule has 4 nitrogen and oxygen atoms in total. The largest absolute Gasteiger partial charge is 0.376 e. The van der Waals surface area contributed by atoms with Crippen LogP contribution in [0.5, 0.6) is 0 Å². The van der Waals surface area contributed by atoms with E-state index in [2.05, 4.69) is 36.0 Å². The van der Waals surface area contributed by atoms with Crippen LogP contribution in [0.1, 0.15) is 45.1 Å². The maximum Gasteiger partial charge on any atom is 0.317 e. The van der Waals surface area contributed by atoms with E-state index in [4.69, 9.17) is 4.74 Å². The number of amides is 2. The normalized spacial score (nSPS) is 17.9. The van der Waals surface area contributed by atoms with Crippen LogP contribution in [0.25, 0.3) is 0 Å². The van der Waals surface area contributed by atoms with Crippen LogP contribution in [-0.4, -0.2) is 36.7 Å². The number of thiophene rings is 1. The highest BCUT2D eigenvalue weighted by molar-refractivity contribution is 7.07. The summed E-state index contributed by atoms with van der Waals surface area (Å²) in [7, 11) is 0. The van der Waals surface area contributed by atoms with Gasteiger partial charge in [0.2, 0.25) is 0 Å². The molecule has 5 heteroatoms. The standard InChI is InChI=1S/C17H28N2O2S/c1-3-14(4-2)10-18-17(20)19(11-15-7-9-22-13-15)12-16-6-5-8-21-16/h7,9,13-14,16H,3-6,8,10-12H2,1-2H3,(H,18,20)/t16-/m0/s1. The summed E-state index contributed by atoms with van der Waals surface area (Å²) in [5.74, 6) is 0.565. The van der Waals surface area contributed by atoms with Gasteiger partial charge in [0.05, 0.1) is 6.10 Å². The highest BCUT2D eigenvalue weighted by Crippen LogP contribution is 2.16. The first kappa shape index (κ1) is 17.3. The van der Waals surface area contributed by atoms with E-state index in [0.29, 0.717) is 19.0 Å². The second kappa shape index (κ2) is 9.16. The molecule has 22 heavy (non-hydrogen) atoms. The Balaban J connectivity index is 1.91. The number of urea groups is 1. The van der Waals surface area contributed by atoms with E-state index in [0.717, 1.165) is 38.8 Å². The van der Waals surface area contributed by atoms with Gasteiger partial charge in [0, 0.05) is 26.2 Å². The van der Waals surface area contributed by atoms with Gasteiger partial charge in [-0.1, -0.05) is 26.7 Å². The van der Waals surface area contributed by atoms with Crippen molar-refractivity contribution in [3.63, 3.8) is 0 Å². The van der Waals surface area contributed by atoms with Crippen molar-refractivity contribution in [2.75, 3.05) is 19.7 Å². The Morgan fingerprint density at radius 1 is 1.50 bits per heavy atom. The molecule has 2 rings (SSSR count). The average molecular weight is 324 g/mol. The summed E-state index contributed by atoms with van der Waals surface area (Å²) < 4.78 is 5.70. The van der Waals surface area contributed by atoms with Crippen LogP contribution < -0.4 is 5.32 Å². The molecule has 0 bridgehead atoms.